The lowest BCUT2D eigenvalue weighted by Crippen LogP contribution is -2.47. The van der Waals surface area contributed by atoms with Crippen LogP contribution in [0.1, 0.15) is 11.6 Å². The minimum atomic E-state index is 0.111. The summed E-state index contributed by atoms with van der Waals surface area (Å²) in [6, 6.07) is 10.5. The normalized spacial score (nSPS) is 19.8. The zero-order chi connectivity index (χ0) is 14.8. The molecular formula is C14H15Cl2N5. The highest BCUT2D eigenvalue weighted by molar-refractivity contribution is 6.32. The van der Waals surface area contributed by atoms with Gasteiger partial charge in [0, 0.05) is 19.6 Å². The summed E-state index contributed by atoms with van der Waals surface area (Å²) in [6.45, 7) is 2.63. The summed E-state index contributed by atoms with van der Waals surface area (Å²) in [7, 11) is 2.11. The number of halogens is 2. The second kappa shape index (κ2) is 6.13. The number of rotatable bonds is 2. The molecule has 0 amide bonds. The van der Waals surface area contributed by atoms with Crippen LogP contribution in [0, 0.1) is 0 Å². The van der Waals surface area contributed by atoms with Crippen molar-refractivity contribution >= 4 is 29.0 Å². The van der Waals surface area contributed by atoms with Crippen LogP contribution in [0.3, 0.4) is 0 Å². The molecule has 1 aromatic carbocycles. The number of benzene rings is 1. The second-order valence-corrected chi connectivity index (χ2v) is 5.77. The van der Waals surface area contributed by atoms with E-state index in [1.807, 2.05) is 18.2 Å². The van der Waals surface area contributed by atoms with Gasteiger partial charge in [-0.15, -0.1) is 10.2 Å². The van der Waals surface area contributed by atoms with Crippen LogP contribution in [0.15, 0.2) is 30.3 Å². The molecule has 2 heterocycles. The Labute approximate surface area is 133 Å². The first-order valence-corrected chi connectivity index (χ1v) is 7.46. The van der Waals surface area contributed by atoms with Crippen molar-refractivity contribution in [3.05, 3.63) is 46.3 Å². The molecule has 0 N–H and O–H groups in total. The van der Waals surface area contributed by atoms with E-state index in [0.29, 0.717) is 5.82 Å². The first-order valence-electron chi connectivity index (χ1n) is 6.71. The van der Waals surface area contributed by atoms with E-state index >= 15 is 0 Å². The standard InChI is InChI=1S/C14H15Cl2N5/c1-20-7-8-21(13-12(15)18-19-14(16)17-13)11(9-20)10-5-3-2-4-6-10/h2-6,11H,7-9H2,1H3. The van der Waals surface area contributed by atoms with Crippen molar-refractivity contribution in [1.29, 1.82) is 0 Å². The van der Waals surface area contributed by atoms with E-state index in [9.17, 15) is 0 Å². The summed E-state index contributed by atoms with van der Waals surface area (Å²) in [6.07, 6.45) is 0. The number of hydrogen-bond donors (Lipinski definition) is 0. The van der Waals surface area contributed by atoms with Crippen molar-refractivity contribution in [2.45, 2.75) is 6.04 Å². The maximum atomic E-state index is 6.17. The molecule has 5 nitrogen and oxygen atoms in total. The van der Waals surface area contributed by atoms with Crippen LogP contribution in [-0.2, 0) is 0 Å². The third-order valence-electron chi connectivity index (χ3n) is 3.64. The summed E-state index contributed by atoms with van der Waals surface area (Å²) in [5.74, 6) is 0.596. The number of likely N-dealkylation sites (N-methyl/N-ethyl adjacent to an activating group) is 1. The Morgan fingerprint density at radius 1 is 1.10 bits per heavy atom. The molecule has 1 unspecified atom stereocenters. The van der Waals surface area contributed by atoms with Crippen LogP contribution in [0.2, 0.25) is 10.4 Å². The first kappa shape index (κ1) is 14.5. The summed E-state index contributed by atoms with van der Waals surface area (Å²) >= 11 is 12.0. The van der Waals surface area contributed by atoms with Gasteiger partial charge in [0.1, 0.15) is 0 Å². The number of piperazine rings is 1. The Morgan fingerprint density at radius 2 is 1.86 bits per heavy atom. The van der Waals surface area contributed by atoms with Gasteiger partial charge in [-0.2, -0.15) is 4.98 Å². The molecule has 1 fully saturated rings. The minimum Gasteiger partial charge on any atom is -0.344 e. The van der Waals surface area contributed by atoms with Crippen molar-refractivity contribution < 1.29 is 0 Å². The van der Waals surface area contributed by atoms with Crippen LogP contribution in [-0.4, -0.2) is 46.8 Å². The molecule has 1 saturated heterocycles. The zero-order valence-corrected chi connectivity index (χ0v) is 13.1. The molecule has 0 saturated carbocycles. The molecule has 2 aromatic rings. The topological polar surface area (TPSA) is 45.2 Å². The van der Waals surface area contributed by atoms with E-state index in [-0.39, 0.29) is 16.5 Å². The molecule has 0 radical (unpaired) electrons. The maximum Gasteiger partial charge on any atom is 0.245 e. The summed E-state index contributed by atoms with van der Waals surface area (Å²) in [5, 5.41) is 7.94. The Hall–Kier alpha value is -1.43. The number of hydrogen-bond acceptors (Lipinski definition) is 5. The van der Waals surface area contributed by atoms with Gasteiger partial charge < -0.3 is 9.80 Å². The molecule has 1 aliphatic rings. The fraction of sp³-hybridized carbons (Fsp3) is 0.357. The molecule has 21 heavy (non-hydrogen) atoms. The molecule has 1 atom stereocenters. The smallest absolute Gasteiger partial charge is 0.245 e. The number of aromatic nitrogens is 3. The molecule has 0 aliphatic carbocycles. The second-order valence-electron chi connectivity index (χ2n) is 5.08. The Morgan fingerprint density at radius 3 is 2.62 bits per heavy atom. The van der Waals surface area contributed by atoms with E-state index in [0.717, 1.165) is 19.6 Å². The molecule has 1 aromatic heterocycles. The predicted molar refractivity (Wildman–Crippen MR) is 83.9 cm³/mol. The van der Waals surface area contributed by atoms with Gasteiger partial charge in [-0.25, -0.2) is 0 Å². The van der Waals surface area contributed by atoms with Gasteiger partial charge in [0.25, 0.3) is 0 Å². The van der Waals surface area contributed by atoms with Crippen LogP contribution in [0.4, 0.5) is 5.82 Å². The van der Waals surface area contributed by atoms with Crippen molar-refractivity contribution in [3.63, 3.8) is 0 Å². The van der Waals surface area contributed by atoms with E-state index < -0.39 is 0 Å². The van der Waals surface area contributed by atoms with E-state index in [2.05, 4.69) is 44.2 Å². The Bertz CT molecular complexity index is 622. The van der Waals surface area contributed by atoms with Crippen molar-refractivity contribution in [2.75, 3.05) is 31.6 Å². The van der Waals surface area contributed by atoms with Gasteiger partial charge >= 0.3 is 0 Å². The summed E-state index contributed by atoms with van der Waals surface area (Å²) in [5.41, 5.74) is 1.22. The Balaban J connectivity index is 2.00. The molecule has 3 rings (SSSR count). The SMILES string of the molecule is CN1CCN(c2nc(Cl)nnc2Cl)C(c2ccccc2)C1. The number of anilines is 1. The third kappa shape index (κ3) is 3.10. The zero-order valence-electron chi connectivity index (χ0n) is 11.6. The molecule has 7 heteroatoms. The highest BCUT2D eigenvalue weighted by atomic mass is 35.5. The first-order chi connectivity index (χ1) is 10.1. The van der Waals surface area contributed by atoms with Crippen molar-refractivity contribution in [3.8, 4) is 0 Å². The average Bonchev–Trinajstić information content (AvgIpc) is 2.51. The van der Waals surface area contributed by atoms with Crippen LogP contribution >= 0.6 is 23.2 Å². The summed E-state index contributed by atoms with van der Waals surface area (Å²) in [4.78, 5) is 8.71. The molecule has 1 aliphatic heterocycles. The highest BCUT2D eigenvalue weighted by Gasteiger charge is 2.29. The molecular weight excluding hydrogens is 309 g/mol. The van der Waals surface area contributed by atoms with E-state index in [1.54, 1.807) is 0 Å². The van der Waals surface area contributed by atoms with Crippen LogP contribution in [0.5, 0.6) is 0 Å². The number of nitrogens with zero attached hydrogens (tertiary/aromatic N) is 5. The lowest BCUT2D eigenvalue weighted by Gasteiger charge is -2.41. The predicted octanol–water partition coefficient (Wildman–Crippen LogP) is 2.67. The largest absolute Gasteiger partial charge is 0.344 e. The van der Waals surface area contributed by atoms with Crippen LogP contribution < -0.4 is 4.90 Å². The molecule has 0 spiro atoms. The van der Waals surface area contributed by atoms with E-state index in [1.165, 1.54) is 5.56 Å². The molecule has 110 valence electrons. The maximum absolute atomic E-state index is 6.17. The van der Waals surface area contributed by atoms with Gasteiger partial charge in [0.2, 0.25) is 5.28 Å². The van der Waals surface area contributed by atoms with Gasteiger partial charge in [-0.05, 0) is 24.2 Å². The summed E-state index contributed by atoms with van der Waals surface area (Å²) < 4.78 is 0. The van der Waals surface area contributed by atoms with Gasteiger partial charge in [-0.3, -0.25) is 0 Å². The lowest BCUT2D eigenvalue weighted by atomic mass is 10.0. The fourth-order valence-electron chi connectivity index (χ4n) is 2.60. The van der Waals surface area contributed by atoms with Gasteiger partial charge in [0.05, 0.1) is 6.04 Å². The fourth-order valence-corrected chi connectivity index (χ4v) is 2.91. The van der Waals surface area contributed by atoms with Gasteiger partial charge in [0.15, 0.2) is 11.0 Å². The highest BCUT2D eigenvalue weighted by Crippen LogP contribution is 2.32. The minimum absolute atomic E-state index is 0.111. The molecule has 0 bridgehead atoms. The Kier molecular flexibility index (Phi) is 4.24. The van der Waals surface area contributed by atoms with E-state index in [4.69, 9.17) is 23.2 Å². The van der Waals surface area contributed by atoms with Crippen molar-refractivity contribution in [1.82, 2.24) is 20.1 Å². The quantitative estimate of drug-likeness (QED) is 0.850. The average molecular weight is 324 g/mol. The monoisotopic (exact) mass is 323 g/mol. The third-order valence-corrected chi connectivity index (χ3v) is 4.05. The lowest BCUT2D eigenvalue weighted by molar-refractivity contribution is 0.268. The van der Waals surface area contributed by atoms with Crippen molar-refractivity contribution in [2.24, 2.45) is 0 Å². The van der Waals surface area contributed by atoms with Gasteiger partial charge in [-0.1, -0.05) is 41.9 Å². The van der Waals surface area contributed by atoms with Crippen LogP contribution in [0.25, 0.3) is 0 Å².